The van der Waals surface area contributed by atoms with Crippen molar-refractivity contribution in [3.05, 3.63) is 42.5 Å². The molecule has 100 valence electrons. The van der Waals surface area contributed by atoms with Gasteiger partial charge in [-0.15, -0.1) is 0 Å². The Morgan fingerprint density at radius 3 is 2.42 bits per heavy atom. The largest absolute Gasteiger partial charge is 0.399 e. The molecule has 0 fully saturated rings. The molecule has 0 aliphatic heterocycles. The van der Waals surface area contributed by atoms with Crippen LogP contribution in [0.25, 0.3) is 0 Å². The third kappa shape index (κ3) is 3.15. The maximum absolute atomic E-state index is 11.0. The molecule has 6 nitrogen and oxygen atoms in total. The van der Waals surface area contributed by atoms with E-state index in [1.165, 1.54) is 18.2 Å². The Hall–Kier alpha value is -2.25. The highest BCUT2D eigenvalue weighted by Gasteiger charge is 2.10. The fraction of sp³-hybridized carbons (Fsp3) is 0. The number of nitrogens with one attached hydrogen (secondary N) is 1. The van der Waals surface area contributed by atoms with Gasteiger partial charge >= 0.3 is 0 Å². The van der Waals surface area contributed by atoms with Crippen LogP contribution in [0.5, 0.6) is 0 Å². The Morgan fingerprint density at radius 1 is 1.05 bits per heavy atom. The summed E-state index contributed by atoms with van der Waals surface area (Å²) in [5.74, 6) is 0. The van der Waals surface area contributed by atoms with Crippen LogP contribution in [0.2, 0.25) is 0 Å². The molecule has 0 bridgehead atoms. The highest BCUT2D eigenvalue weighted by atomic mass is 32.2. The molecular formula is C12H13N3O3S. The third-order valence-electron chi connectivity index (χ3n) is 2.49. The average molecular weight is 279 g/mol. The minimum atomic E-state index is -4.23. The van der Waals surface area contributed by atoms with E-state index in [0.29, 0.717) is 22.7 Å². The lowest BCUT2D eigenvalue weighted by Crippen LogP contribution is -2.01. The summed E-state index contributed by atoms with van der Waals surface area (Å²) in [7, 11) is -4.23. The number of rotatable bonds is 3. The first-order valence-corrected chi connectivity index (χ1v) is 6.80. The Labute approximate surface area is 110 Å². The zero-order valence-electron chi connectivity index (χ0n) is 9.87. The fourth-order valence-corrected chi connectivity index (χ4v) is 2.11. The molecule has 2 rings (SSSR count). The second-order valence-electron chi connectivity index (χ2n) is 3.97. The van der Waals surface area contributed by atoms with Gasteiger partial charge in [0.05, 0.1) is 16.3 Å². The van der Waals surface area contributed by atoms with E-state index in [1.807, 2.05) is 0 Å². The zero-order chi connectivity index (χ0) is 14.0. The molecule has 0 amide bonds. The van der Waals surface area contributed by atoms with Crippen LogP contribution in [0.1, 0.15) is 0 Å². The summed E-state index contributed by atoms with van der Waals surface area (Å²) in [5.41, 5.74) is 13.4. The molecule has 2 aromatic carbocycles. The third-order valence-corrected chi connectivity index (χ3v) is 3.34. The first-order chi connectivity index (χ1) is 8.86. The van der Waals surface area contributed by atoms with Crippen molar-refractivity contribution < 1.29 is 13.0 Å². The molecule has 0 saturated carbocycles. The first kappa shape index (κ1) is 13.2. The smallest absolute Gasteiger partial charge is 0.294 e. The Morgan fingerprint density at radius 2 is 1.79 bits per heavy atom. The number of nitrogens with two attached hydrogens (primary N) is 2. The van der Waals surface area contributed by atoms with Crippen LogP contribution in [0.15, 0.2) is 47.4 Å². The van der Waals surface area contributed by atoms with Crippen molar-refractivity contribution in [1.29, 1.82) is 0 Å². The molecule has 0 aliphatic carbocycles. The van der Waals surface area contributed by atoms with E-state index in [4.69, 9.17) is 16.0 Å². The molecule has 0 aliphatic rings. The van der Waals surface area contributed by atoms with Crippen LogP contribution >= 0.6 is 0 Å². The van der Waals surface area contributed by atoms with E-state index in [-0.39, 0.29) is 4.90 Å². The van der Waals surface area contributed by atoms with E-state index in [0.717, 1.165) is 0 Å². The minimum Gasteiger partial charge on any atom is -0.399 e. The van der Waals surface area contributed by atoms with Crippen LogP contribution in [-0.4, -0.2) is 13.0 Å². The van der Waals surface area contributed by atoms with Crippen molar-refractivity contribution >= 4 is 32.9 Å². The summed E-state index contributed by atoms with van der Waals surface area (Å²) >= 11 is 0. The molecule has 6 N–H and O–H groups in total. The van der Waals surface area contributed by atoms with Gasteiger partial charge in [0, 0.05) is 11.4 Å². The Balaban J connectivity index is 2.34. The second-order valence-corrected chi connectivity index (χ2v) is 5.40. The molecule has 0 aromatic heterocycles. The van der Waals surface area contributed by atoms with E-state index in [9.17, 15) is 8.42 Å². The maximum atomic E-state index is 11.0. The Kier molecular flexibility index (Phi) is 3.32. The van der Waals surface area contributed by atoms with Gasteiger partial charge in [0.25, 0.3) is 10.1 Å². The molecule has 0 heterocycles. The van der Waals surface area contributed by atoms with Crippen molar-refractivity contribution in [2.24, 2.45) is 0 Å². The summed E-state index contributed by atoms with van der Waals surface area (Å²) in [4.78, 5) is -0.188. The van der Waals surface area contributed by atoms with E-state index >= 15 is 0 Å². The van der Waals surface area contributed by atoms with Gasteiger partial charge in [-0.2, -0.15) is 8.42 Å². The minimum absolute atomic E-state index is 0.188. The molecular weight excluding hydrogens is 266 g/mol. The average Bonchev–Trinajstić information content (AvgIpc) is 2.32. The maximum Gasteiger partial charge on any atom is 0.294 e. The highest BCUT2D eigenvalue weighted by molar-refractivity contribution is 7.85. The van der Waals surface area contributed by atoms with Crippen LogP contribution in [0.4, 0.5) is 22.7 Å². The molecule has 0 atom stereocenters. The second kappa shape index (κ2) is 4.79. The molecule has 0 radical (unpaired) electrons. The summed E-state index contributed by atoms with van der Waals surface area (Å²) in [5, 5.41) is 2.96. The number of nitrogen functional groups attached to an aromatic ring is 2. The Bertz CT molecular complexity index is 714. The van der Waals surface area contributed by atoms with Gasteiger partial charge in [0.15, 0.2) is 0 Å². The summed E-state index contributed by atoms with van der Waals surface area (Å²) in [6, 6.07) is 10.7. The van der Waals surface area contributed by atoms with Gasteiger partial charge in [0.2, 0.25) is 0 Å². The quantitative estimate of drug-likeness (QED) is 0.503. The van der Waals surface area contributed by atoms with Crippen molar-refractivity contribution in [2.75, 3.05) is 16.8 Å². The lowest BCUT2D eigenvalue weighted by atomic mass is 10.2. The highest BCUT2D eigenvalue weighted by Crippen LogP contribution is 2.26. The van der Waals surface area contributed by atoms with Crippen LogP contribution < -0.4 is 16.8 Å². The predicted molar refractivity (Wildman–Crippen MR) is 74.8 cm³/mol. The molecule has 0 saturated heterocycles. The standard InChI is InChI=1S/C12H13N3O3S/c13-8-4-5-12(11(14)6-8)15-9-2-1-3-10(7-9)19(16,17)18/h1-7,15H,13-14H2,(H,16,17,18). The number of hydrogen-bond acceptors (Lipinski definition) is 5. The van der Waals surface area contributed by atoms with Crippen LogP contribution in [0, 0.1) is 0 Å². The number of benzene rings is 2. The van der Waals surface area contributed by atoms with Gasteiger partial charge < -0.3 is 16.8 Å². The zero-order valence-corrected chi connectivity index (χ0v) is 10.7. The molecule has 7 heteroatoms. The van der Waals surface area contributed by atoms with E-state index in [2.05, 4.69) is 5.32 Å². The number of anilines is 4. The van der Waals surface area contributed by atoms with Gasteiger partial charge in [-0.1, -0.05) is 6.07 Å². The monoisotopic (exact) mass is 279 g/mol. The summed E-state index contributed by atoms with van der Waals surface area (Å²) in [6.45, 7) is 0. The molecule has 0 unspecified atom stereocenters. The van der Waals surface area contributed by atoms with Crippen LogP contribution in [-0.2, 0) is 10.1 Å². The van der Waals surface area contributed by atoms with Gasteiger partial charge in [-0.3, -0.25) is 4.55 Å². The van der Waals surface area contributed by atoms with E-state index in [1.54, 1.807) is 24.3 Å². The first-order valence-electron chi connectivity index (χ1n) is 5.36. The predicted octanol–water partition coefficient (Wildman–Crippen LogP) is 1.84. The molecule has 0 spiro atoms. The topological polar surface area (TPSA) is 118 Å². The molecule has 19 heavy (non-hydrogen) atoms. The van der Waals surface area contributed by atoms with Crippen LogP contribution in [0.3, 0.4) is 0 Å². The normalized spacial score (nSPS) is 11.2. The SMILES string of the molecule is Nc1ccc(Nc2cccc(S(=O)(=O)O)c2)c(N)c1. The lowest BCUT2D eigenvalue weighted by molar-refractivity contribution is 0.483. The summed E-state index contributed by atoms with van der Waals surface area (Å²) in [6.07, 6.45) is 0. The van der Waals surface area contributed by atoms with Crippen molar-refractivity contribution in [2.45, 2.75) is 4.90 Å². The van der Waals surface area contributed by atoms with Gasteiger partial charge in [0.1, 0.15) is 0 Å². The number of hydrogen-bond donors (Lipinski definition) is 4. The molecule has 2 aromatic rings. The van der Waals surface area contributed by atoms with Gasteiger partial charge in [-0.25, -0.2) is 0 Å². The van der Waals surface area contributed by atoms with Crippen molar-refractivity contribution in [3.8, 4) is 0 Å². The fourth-order valence-electron chi connectivity index (χ4n) is 1.58. The lowest BCUT2D eigenvalue weighted by Gasteiger charge is -2.10. The van der Waals surface area contributed by atoms with Crippen molar-refractivity contribution in [3.63, 3.8) is 0 Å². The summed E-state index contributed by atoms with van der Waals surface area (Å²) < 4.78 is 31.0. The van der Waals surface area contributed by atoms with Gasteiger partial charge in [-0.05, 0) is 36.4 Å². The van der Waals surface area contributed by atoms with E-state index < -0.39 is 10.1 Å². The van der Waals surface area contributed by atoms with Crippen molar-refractivity contribution in [1.82, 2.24) is 0 Å².